The Hall–Kier alpha value is 0.310. The van der Waals surface area contributed by atoms with E-state index in [1.54, 1.807) is 0 Å². The van der Waals surface area contributed by atoms with Crippen LogP contribution in [0.5, 0.6) is 0 Å². The molecule has 2 atom stereocenters. The van der Waals surface area contributed by atoms with Crippen LogP contribution < -0.4 is 5.32 Å². The molecule has 1 fully saturated rings. The molecule has 0 aliphatic carbocycles. The van der Waals surface area contributed by atoms with Gasteiger partial charge in [-0.15, -0.1) is 0 Å². The molecule has 0 radical (unpaired) electrons. The second-order valence-corrected chi connectivity index (χ2v) is 5.56. The van der Waals surface area contributed by atoms with Crippen LogP contribution in [0.3, 0.4) is 0 Å². The lowest BCUT2D eigenvalue weighted by Crippen LogP contribution is -2.29. The SMILES string of the molecule is CCCCCCNC1CSC(C)C1. The topological polar surface area (TPSA) is 12.0 Å². The molecule has 0 aromatic carbocycles. The Labute approximate surface area is 87.1 Å². The highest BCUT2D eigenvalue weighted by atomic mass is 32.2. The fraction of sp³-hybridized carbons (Fsp3) is 1.00. The maximum absolute atomic E-state index is 3.65. The smallest absolute Gasteiger partial charge is 0.0168 e. The first kappa shape index (κ1) is 11.4. The van der Waals surface area contributed by atoms with E-state index in [0.717, 1.165) is 11.3 Å². The van der Waals surface area contributed by atoms with Gasteiger partial charge in [0.05, 0.1) is 0 Å². The summed E-state index contributed by atoms with van der Waals surface area (Å²) in [5.74, 6) is 1.33. The number of rotatable bonds is 6. The largest absolute Gasteiger partial charge is 0.313 e. The molecule has 1 N–H and O–H groups in total. The lowest BCUT2D eigenvalue weighted by molar-refractivity contribution is 0.514. The lowest BCUT2D eigenvalue weighted by atomic mass is 10.1. The van der Waals surface area contributed by atoms with E-state index in [1.165, 1.54) is 44.4 Å². The van der Waals surface area contributed by atoms with Crippen LogP contribution >= 0.6 is 11.8 Å². The van der Waals surface area contributed by atoms with Crippen molar-refractivity contribution >= 4 is 11.8 Å². The van der Waals surface area contributed by atoms with Gasteiger partial charge in [-0.2, -0.15) is 11.8 Å². The average Bonchev–Trinajstić information content (AvgIpc) is 2.51. The molecule has 1 heterocycles. The van der Waals surface area contributed by atoms with Gasteiger partial charge in [0.1, 0.15) is 0 Å². The van der Waals surface area contributed by atoms with Gasteiger partial charge in [0.15, 0.2) is 0 Å². The van der Waals surface area contributed by atoms with Crippen molar-refractivity contribution in [3.63, 3.8) is 0 Å². The molecular formula is C11H23NS. The predicted octanol–water partition coefficient (Wildman–Crippen LogP) is 3.05. The summed E-state index contributed by atoms with van der Waals surface area (Å²) < 4.78 is 0. The van der Waals surface area contributed by atoms with Crippen LogP contribution in [0, 0.1) is 0 Å². The molecule has 0 aromatic heterocycles. The fourth-order valence-electron chi connectivity index (χ4n) is 1.82. The van der Waals surface area contributed by atoms with E-state index in [2.05, 4.69) is 30.9 Å². The first-order valence-corrected chi connectivity index (χ1v) is 6.72. The molecule has 1 nitrogen and oxygen atoms in total. The number of nitrogens with one attached hydrogen (secondary N) is 1. The Bertz CT molecular complexity index is 127. The van der Waals surface area contributed by atoms with Crippen molar-refractivity contribution in [2.24, 2.45) is 0 Å². The molecule has 0 amide bonds. The summed E-state index contributed by atoms with van der Waals surface area (Å²) in [5.41, 5.74) is 0. The normalized spacial score (nSPS) is 28.2. The van der Waals surface area contributed by atoms with Crippen molar-refractivity contribution in [1.29, 1.82) is 0 Å². The van der Waals surface area contributed by atoms with Crippen LogP contribution in [0.1, 0.15) is 46.0 Å². The summed E-state index contributed by atoms with van der Waals surface area (Å²) in [6.45, 7) is 5.84. The third-order valence-electron chi connectivity index (χ3n) is 2.66. The summed E-state index contributed by atoms with van der Waals surface area (Å²) in [6.07, 6.45) is 6.88. The zero-order valence-corrected chi connectivity index (χ0v) is 9.83. The number of hydrogen-bond acceptors (Lipinski definition) is 2. The minimum absolute atomic E-state index is 0.807. The van der Waals surface area contributed by atoms with Gasteiger partial charge < -0.3 is 5.32 Å². The molecule has 1 aliphatic heterocycles. The Morgan fingerprint density at radius 1 is 1.31 bits per heavy atom. The van der Waals surface area contributed by atoms with Gasteiger partial charge >= 0.3 is 0 Å². The van der Waals surface area contributed by atoms with Crippen molar-refractivity contribution in [3.8, 4) is 0 Å². The van der Waals surface area contributed by atoms with Gasteiger partial charge in [0, 0.05) is 17.0 Å². The maximum atomic E-state index is 3.65. The van der Waals surface area contributed by atoms with E-state index >= 15 is 0 Å². The Morgan fingerprint density at radius 2 is 2.15 bits per heavy atom. The second-order valence-electron chi connectivity index (χ2n) is 4.09. The van der Waals surface area contributed by atoms with Gasteiger partial charge in [0.2, 0.25) is 0 Å². The molecule has 1 aliphatic rings. The van der Waals surface area contributed by atoms with Crippen LogP contribution in [0.2, 0.25) is 0 Å². The van der Waals surface area contributed by atoms with E-state index in [-0.39, 0.29) is 0 Å². The van der Waals surface area contributed by atoms with Crippen LogP contribution in [0.4, 0.5) is 0 Å². The highest BCUT2D eigenvalue weighted by molar-refractivity contribution is 8.00. The summed E-state index contributed by atoms with van der Waals surface area (Å²) in [5, 5.41) is 4.53. The van der Waals surface area contributed by atoms with Gasteiger partial charge in [0.25, 0.3) is 0 Å². The van der Waals surface area contributed by atoms with Gasteiger partial charge in [-0.3, -0.25) is 0 Å². The molecule has 0 spiro atoms. The molecule has 2 unspecified atom stereocenters. The van der Waals surface area contributed by atoms with Crippen molar-refractivity contribution in [2.75, 3.05) is 12.3 Å². The van der Waals surface area contributed by atoms with Crippen molar-refractivity contribution < 1.29 is 0 Å². The van der Waals surface area contributed by atoms with Crippen LogP contribution in [-0.2, 0) is 0 Å². The van der Waals surface area contributed by atoms with E-state index < -0.39 is 0 Å². The zero-order chi connectivity index (χ0) is 9.52. The van der Waals surface area contributed by atoms with Gasteiger partial charge in [-0.05, 0) is 19.4 Å². The first-order valence-electron chi connectivity index (χ1n) is 5.68. The molecule has 0 saturated carbocycles. The summed E-state index contributed by atoms with van der Waals surface area (Å²) in [6, 6.07) is 0.807. The molecule has 78 valence electrons. The second kappa shape index (κ2) is 6.72. The first-order chi connectivity index (χ1) is 6.33. The predicted molar refractivity (Wildman–Crippen MR) is 62.5 cm³/mol. The van der Waals surface area contributed by atoms with E-state index in [4.69, 9.17) is 0 Å². The van der Waals surface area contributed by atoms with Crippen LogP contribution in [0.25, 0.3) is 0 Å². The molecule has 0 bridgehead atoms. The average molecular weight is 201 g/mol. The number of unbranched alkanes of at least 4 members (excludes halogenated alkanes) is 3. The zero-order valence-electron chi connectivity index (χ0n) is 9.01. The van der Waals surface area contributed by atoms with E-state index in [1.807, 2.05) is 0 Å². The summed E-state index contributed by atoms with van der Waals surface area (Å²) in [4.78, 5) is 0. The Balaban J connectivity index is 1.88. The van der Waals surface area contributed by atoms with Gasteiger partial charge in [-0.25, -0.2) is 0 Å². The standard InChI is InChI=1S/C11H23NS/c1-3-4-5-6-7-12-11-8-10(2)13-9-11/h10-12H,3-9H2,1-2H3. The fourth-order valence-corrected chi connectivity index (χ4v) is 3.00. The third-order valence-corrected chi connectivity index (χ3v) is 4.02. The lowest BCUT2D eigenvalue weighted by Gasteiger charge is -2.10. The van der Waals surface area contributed by atoms with Gasteiger partial charge in [-0.1, -0.05) is 33.1 Å². The minimum atomic E-state index is 0.807. The molecule has 1 rings (SSSR count). The molecule has 1 saturated heterocycles. The third kappa shape index (κ3) is 4.92. The Kier molecular flexibility index (Phi) is 5.88. The quantitative estimate of drug-likeness (QED) is 0.663. The monoisotopic (exact) mass is 201 g/mol. The molecule has 2 heteroatoms. The van der Waals surface area contributed by atoms with Crippen molar-refractivity contribution in [3.05, 3.63) is 0 Å². The number of hydrogen-bond donors (Lipinski definition) is 1. The number of thioether (sulfide) groups is 1. The van der Waals surface area contributed by atoms with Crippen LogP contribution in [0.15, 0.2) is 0 Å². The van der Waals surface area contributed by atoms with Crippen LogP contribution in [-0.4, -0.2) is 23.6 Å². The molecular weight excluding hydrogens is 178 g/mol. The molecule has 0 aromatic rings. The van der Waals surface area contributed by atoms with E-state index in [0.29, 0.717) is 0 Å². The summed E-state index contributed by atoms with van der Waals surface area (Å²) >= 11 is 2.11. The summed E-state index contributed by atoms with van der Waals surface area (Å²) in [7, 11) is 0. The maximum Gasteiger partial charge on any atom is 0.0168 e. The Morgan fingerprint density at radius 3 is 2.77 bits per heavy atom. The highest BCUT2D eigenvalue weighted by Gasteiger charge is 2.20. The van der Waals surface area contributed by atoms with Crippen molar-refractivity contribution in [1.82, 2.24) is 5.32 Å². The van der Waals surface area contributed by atoms with E-state index in [9.17, 15) is 0 Å². The minimum Gasteiger partial charge on any atom is -0.313 e. The highest BCUT2D eigenvalue weighted by Crippen LogP contribution is 2.25. The molecule has 13 heavy (non-hydrogen) atoms. The van der Waals surface area contributed by atoms with Crippen molar-refractivity contribution in [2.45, 2.75) is 57.2 Å².